The summed E-state index contributed by atoms with van der Waals surface area (Å²) in [6, 6.07) is 5.88. The van der Waals surface area contributed by atoms with Gasteiger partial charge >= 0.3 is 5.97 Å². The van der Waals surface area contributed by atoms with Crippen LogP contribution in [-0.2, 0) is 9.53 Å². The Kier molecular flexibility index (Phi) is 4.25. The van der Waals surface area contributed by atoms with Gasteiger partial charge in [-0.05, 0) is 19.1 Å². The van der Waals surface area contributed by atoms with Gasteiger partial charge in [0.05, 0.1) is 11.1 Å². The molecule has 1 amide bonds. The van der Waals surface area contributed by atoms with Crippen LogP contribution in [0, 0.1) is 10.1 Å². The van der Waals surface area contributed by atoms with Crippen LogP contribution < -0.4 is 14.8 Å². The number of nitrogens with one attached hydrogen (secondary N) is 2. The highest BCUT2D eigenvalue weighted by atomic mass is 16.7. The zero-order valence-corrected chi connectivity index (χ0v) is 13.0. The highest BCUT2D eigenvalue weighted by molar-refractivity contribution is 5.97. The highest BCUT2D eigenvalue weighted by Gasteiger charge is 2.22. The van der Waals surface area contributed by atoms with Crippen LogP contribution in [0.1, 0.15) is 17.4 Å². The number of hydrogen-bond donors (Lipinski definition) is 2. The maximum Gasteiger partial charge on any atom is 0.355 e. The maximum absolute atomic E-state index is 12.1. The number of carbonyl (C=O) groups is 2. The molecule has 1 aliphatic heterocycles. The molecule has 0 spiro atoms. The smallest absolute Gasteiger partial charge is 0.355 e. The van der Waals surface area contributed by atoms with Gasteiger partial charge < -0.3 is 24.5 Å². The van der Waals surface area contributed by atoms with Gasteiger partial charge in [-0.3, -0.25) is 14.9 Å². The predicted octanol–water partition coefficient (Wildman–Crippen LogP) is 1.84. The van der Waals surface area contributed by atoms with E-state index in [-0.39, 0.29) is 18.2 Å². The SMILES string of the molecule is C[C@H](OC(=O)c1cc([N+](=O)[O-])c[nH]1)C(=O)Nc1ccc2c(c1)OCO2. The number of anilines is 1. The van der Waals surface area contributed by atoms with Gasteiger partial charge in [0.1, 0.15) is 5.69 Å². The average molecular weight is 347 g/mol. The molecule has 10 nitrogen and oxygen atoms in total. The summed E-state index contributed by atoms with van der Waals surface area (Å²) in [6.07, 6.45) is -0.0474. The molecule has 0 aliphatic carbocycles. The number of aromatic amines is 1. The predicted molar refractivity (Wildman–Crippen MR) is 83.5 cm³/mol. The molecule has 0 fully saturated rings. The Bertz CT molecular complexity index is 845. The zero-order valence-electron chi connectivity index (χ0n) is 13.0. The van der Waals surface area contributed by atoms with Crippen molar-refractivity contribution in [2.24, 2.45) is 0 Å². The lowest BCUT2D eigenvalue weighted by atomic mass is 10.2. The summed E-state index contributed by atoms with van der Waals surface area (Å²) in [7, 11) is 0. The van der Waals surface area contributed by atoms with Crippen LogP contribution in [0.15, 0.2) is 30.5 Å². The molecule has 10 heteroatoms. The first-order valence-corrected chi connectivity index (χ1v) is 7.18. The van der Waals surface area contributed by atoms with Gasteiger partial charge in [0.2, 0.25) is 6.79 Å². The molecule has 130 valence electrons. The Morgan fingerprint density at radius 1 is 1.32 bits per heavy atom. The number of carbonyl (C=O) groups excluding carboxylic acids is 2. The zero-order chi connectivity index (χ0) is 18.0. The quantitative estimate of drug-likeness (QED) is 0.479. The number of esters is 1. The first-order valence-electron chi connectivity index (χ1n) is 7.18. The second-order valence-electron chi connectivity index (χ2n) is 5.13. The summed E-state index contributed by atoms with van der Waals surface area (Å²) >= 11 is 0. The fourth-order valence-corrected chi connectivity index (χ4v) is 2.10. The van der Waals surface area contributed by atoms with Crippen molar-refractivity contribution >= 4 is 23.3 Å². The van der Waals surface area contributed by atoms with E-state index in [1.807, 2.05) is 0 Å². The van der Waals surface area contributed by atoms with Crippen molar-refractivity contribution in [3.05, 3.63) is 46.3 Å². The molecule has 2 heterocycles. The van der Waals surface area contributed by atoms with Crippen LogP contribution in [0.2, 0.25) is 0 Å². The van der Waals surface area contributed by atoms with E-state index in [2.05, 4.69) is 10.3 Å². The number of rotatable bonds is 5. The summed E-state index contributed by atoms with van der Waals surface area (Å²) in [5, 5.41) is 13.2. The summed E-state index contributed by atoms with van der Waals surface area (Å²) in [5.41, 5.74) is 0.0616. The summed E-state index contributed by atoms with van der Waals surface area (Å²) < 4.78 is 15.4. The lowest BCUT2D eigenvalue weighted by molar-refractivity contribution is -0.384. The molecule has 0 radical (unpaired) electrons. The van der Waals surface area contributed by atoms with Crippen molar-refractivity contribution in [2.75, 3.05) is 12.1 Å². The van der Waals surface area contributed by atoms with E-state index < -0.39 is 22.9 Å². The van der Waals surface area contributed by atoms with Crippen LogP contribution in [-0.4, -0.2) is 34.7 Å². The van der Waals surface area contributed by atoms with E-state index in [4.69, 9.17) is 14.2 Å². The molecule has 0 saturated carbocycles. The van der Waals surface area contributed by atoms with Crippen LogP contribution in [0.25, 0.3) is 0 Å². The van der Waals surface area contributed by atoms with Crippen LogP contribution >= 0.6 is 0 Å². The number of hydrogen-bond acceptors (Lipinski definition) is 7. The molecule has 1 aromatic heterocycles. The largest absolute Gasteiger partial charge is 0.454 e. The van der Waals surface area contributed by atoms with Gasteiger partial charge in [-0.15, -0.1) is 0 Å². The third kappa shape index (κ3) is 3.52. The Balaban J connectivity index is 1.60. The molecule has 1 aromatic carbocycles. The number of nitro groups is 1. The second kappa shape index (κ2) is 6.51. The Hall–Kier alpha value is -3.56. The molecule has 0 saturated heterocycles. The van der Waals surface area contributed by atoms with Crippen molar-refractivity contribution in [1.29, 1.82) is 0 Å². The standard InChI is InChI=1S/C15H13N3O7/c1-8(25-15(20)11-5-10(6-16-11)18(21)22)14(19)17-9-2-3-12-13(4-9)24-7-23-12/h2-6,8,16H,7H2,1H3,(H,17,19)/t8-/m0/s1. The summed E-state index contributed by atoms with van der Waals surface area (Å²) in [5.74, 6) is -0.360. The number of amides is 1. The van der Waals surface area contributed by atoms with Crippen LogP contribution in [0.5, 0.6) is 11.5 Å². The number of nitrogens with zero attached hydrogens (tertiary/aromatic N) is 1. The van der Waals surface area contributed by atoms with Gasteiger partial charge in [-0.25, -0.2) is 4.79 Å². The molecule has 1 atom stereocenters. The van der Waals surface area contributed by atoms with Crippen molar-refractivity contribution in [3.8, 4) is 11.5 Å². The number of ether oxygens (including phenoxy) is 3. The first-order chi connectivity index (χ1) is 11.9. The molecule has 0 bridgehead atoms. The molecule has 25 heavy (non-hydrogen) atoms. The van der Waals surface area contributed by atoms with Gasteiger partial charge in [-0.2, -0.15) is 0 Å². The summed E-state index contributed by atoms with van der Waals surface area (Å²) in [6.45, 7) is 1.50. The first kappa shape index (κ1) is 16.3. The lowest BCUT2D eigenvalue weighted by Gasteiger charge is -2.13. The molecular formula is C15H13N3O7. The van der Waals surface area contributed by atoms with Crippen LogP contribution in [0.3, 0.4) is 0 Å². The molecule has 1 aliphatic rings. The minimum Gasteiger partial charge on any atom is -0.454 e. The van der Waals surface area contributed by atoms with Crippen molar-refractivity contribution in [3.63, 3.8) is 0 Å². The Labute approximate surface area is 140 Å². The Morgan fingerprint density at radius 2 is 2.08 bits per heavy atom. The third-order valence-electron chi connectivity index (χ3n) is 3.39. The number of H-pyrrole nitrogens is 1. The van der Waals surface area contributed by atoms with E-state index in [1.165, 1.54) is 6.92 Å². The van der Waals surface area contributed by atoms with E-state index in [0.717, 1.165) is 12.3 Å². The van der Waals surface area contributed by atoms with Crippen molar-refractivity contribution < 1.29 is 28.7 Å². The topological polar surface area (TPSA) is 133 Å². The molecule has 0 unspecified atom stereocenters. The highest BCUT2D eigenvalue weighted by Crippen LogP contribution is 2.34. The fraction of sp³-hybridized carbons (Fsp3) is 0.200. The third-order valence-corrected chi connectivity index (χ3v) is 3.39. The van der Waals surface area contributed by atoms with Crippen molar-refractivity contribution in [2.45, 2.75) is 13.0 Å². The normalized spacial score (nSPS) is 13.2. The second-order valence-corrected chi connectivity index (χ2v) is 5.13. The minimum absolute atomic E-state index is 0.114. The number of aromatic nitrogens is 1. The van der Waals surface area contributed by atoms with Crippen molar-refractivity contribution in [1.82, 2.24) is 4.98 Å². The average Bonchev–Trinajstić information content (AvgIpc) is 3.23. The molecule has 3 rings (SSSR count). The van der Waals surface area contributed by atoms with E-state index in [0.29, 0.717) is 17.2 Å². The number of fused-ring (bicyclic) bond motifs is 1. The maximum atomic E-state index is 12.1. The van der Waals surface area contributed by atoms with E-state index in [9.17, 15) is 19.7 Å². The number of benzene rings is 1. The minimum atomic E-state index is -1.11. The van der Waals surface area contributed by atoms with Crippen LogP contribution in [0.4, 0.5) is 11.4 Å². The van der Waals surface area contributed by atoms with Gasteiger partial charge in [-0.1, -0.05) is 0 Å². The van der Waals surface area contributed by atoms with E-state index in [1.54, 1.807) is 18.2 Å². The Morgan fingerprint density at radius 3 is 2.80 bits per heavy atom. The lowest BCUT2D eigenvalue weighted by Crippen LogP contribution is -2.30. The molecule has 2 N–H and O–H groups in total. The summed E-state index contributed by atoms with van der Waals surface area (Å²) in [4.78, 5) is 36.4. The van der Waals surface area contributed by atoms with Gasteiger partial charge in [0, 0.05) is 17.8 Å². The monoisotopic (exact) mass is 347 g/mol. The fourth-order valence-electron chi connectivity index (χ4n) is 2.10. The van der Waals surface area contributed by atoms with Gasteiger partial charge in [0.15, 0.2) is 17.6 Å². The van der Waals surface area contributed by atoms with E-state index >= 15 is 0 Å². The van der Waals surface area contributed by atoms with Gasteiger partial charge in [0.25, 0.3) is 11.6 Å². The molecule has 2 aromatic rings. The molecular weight excluding hydrogens is 334 g/mol.